The van der Waals surface area contributed by atoms with E-state index in [4.69, 9.17) is 10.5 Å². The number of anilines is 2. The van der Waals surface area contributed by atoms with Gasteiger partial charge in [-0.2, -0.15) is 13.8 Å². The highest BCUT2D eigenvalue weighted by molar-refractivity contribution is 7.92. The SMILES string of the molecule is Cc1cccc(C)c1-c1cc(Oc2cccc(C(=O)Oc3c(F)c(F)c(F)c(F)c3F)c2)nc(NS(=O)(=O)c2cccc(N)c2)n1. The lowest BCUT2D eigenvalue weighted by Gasteiger charge is -2.14. The van der Waals surface area contributed by atoms with Crippen LogP contribution in [0.2, 0.25) is 0 Å². The molecule has 0 spiro atoms. The zero-order valence-corrected chi connectivity index (χ0v) is 24.6. The van der Waals surface area contributed by atoms with E-state index >= 15 is 0 Å². The molecule has 1 aromatic heterocycles. The Bertz CT molecular complexity index is 2080. The summed E-state index contributed by atoms with van der Waals surface area (Å²) in [6.45, 7) is 3.64. The van der Waals surface area contributed by atoms with Gasteiger partial charge in [0.15, 0.2) is 0 Å². The van der Waals surface area contributed by atoms with Crippen molar-refractivity contribution in [1.82, 2.24) is 9.97 Å². The highest BCUT2D eigenvalue weighted by atomic mass is 32.2. The van der Waals surface area contributed by atoms with Crippen molar-refractivity contribution in [2.75, 3.05) is 10.5 Å². The van der Waals surface area contributed by atoms with E-state index in [0.717, 1.165) is 23.3 Å². The predicted octanol–water partition coefficient (Wildman–Crippen LogP) is 6.85. The van der Waals surface area contributed by atoms with Gasteiger partial charge < -0.3 is 15.2 Å². The summed E-state index contributed by atoms with van der Waals surface area (Å²) in [5, 5.41) is 0. The first-order chi connectivity index (χ1) is 21.7. The molecule has 0 saturated carbocycles. The summed E-state index contributed by atoms with van der Waals surface area (Å²) in [6.07, 6.45) is 0. The Labute approximate surface area is 258 Å². The van der Waals surface area contributed by atoms with Gasteiger partial charge in [-0.3, -0.25) is 0 Å². The van der Waals surface area contributed by atoms with Gasteiger partial charge >= 0.3 is 5.97 Å². The maximum atomic E-state index is 14.1. The van der Waals surface area contributed by atoms with Crippen LogP contribution < -0.4 is 19.9 Å². The van der Waals surface area contributed by atoms with E-state index < -0.39 is 56.4 Å². The van der Waals surface area contributed by atoms with Crippen molar-refractivity contribution in [1.29, 1.82) is 0 Å². The van der Waals surface area contributed by atoms with Crippen LogP contribution in [0.4, 0.5) is 33.6 Å². The molecule has 4 aromatic carbocycles. The standard InChI is InChI=1S/C31H21F5N4O5S/c1-15-6-3-7-16(2)23(15)21-14-22(39-31(38-21)40-46(42,43)20-11-5-9-18(37)13-20)44-19-10-4-8-17(12-19)30(41)45-29-27(35)25(33)24(32)26(34)28(29)36/h3-14H,37H2,1-2H3,(H,38,39,40). The quantitative estimate of drug-likeness (QED) is 0.0463. The van der Waals surface area contributed by atoms with Gasteiger partial charge in [-0.1, -0.05) is 30.3 Å². The number of aromatic nitrogens is 2. The van der Waals surface area contributed by atoms with Crippen LogP contribution in [0.5, 0.6) is 17.4 Å². The number of nitrogens with one attached hydrogen (secondary N) is 1. The number of hydrogen-bond acceptors (Lipinski definition) is 8. The smallest absolute Gasteiger partial charge is 0.343 e. The Morgan fingerprint density at radius 3 is 2.04 bits per heavy atom. The Morgan fingerprint density at radius 1 is 0.783 bits per heavy atom. The monoisotopic (exact) mass is 656 g/mol. The third kappa shape index (κ3) is 6.44. The number of hydrogen-bond donors (Lipinski definition) is 2. The molecule has 236 valence electrons. The molecule has 3 N–H and O–H groups in total. The first-order valence-corrected chi connectivity index (χ1v) is 14.6. The molecular formula is C31H21F5N4O5S. The molecular weight excluding hydrogens is 635 g/mol. The first-order valence-electron chi connectivity index (χ1n) is 13.1. The summed E-state index contributed by atoms with van der Waals surface area (Å²) < 4.78 is 108. The molecule has 5 aromatic rings. The maximum Gasteiger partial charge on any atom is 0.343 e. The molecule has 0 saturated heterocycles. The number of carbonyl (C=O) groups excluding carboxylic acids is 1. The number of nitrogen functional groups attached to an aromatic ring is 1. The van der Waals surface area contributed by atoms with Crippen molar-refractivity contribution in [3.05, 3.63) is 119 Å². The summed E-state index contributed by atoms with van der Waals surface area (Å²) in [5.41, 5.74) is 8.07. The minimum Gasteiger partial charge on any atom is -0.439 e. The van der Waals surface area contributed by atoms with Crippen LogP contribution in [0.1, 0.15) is 21.5 Å². The first kappa shape index (κ1) is 31.8. The average Bonchev–Trinajstić information content (AvgIpc) is 3.01. The van der Waals surface area contributed by atoms with Crippen LogP contribution in [0.3, 0.4) is 0 Å². The van der Waals surface area contributed by atoms with Crippen LogP contribution in [0.25, 0.3) is 11.3 Å². The lowest BCUT2D eigenvalue weighted by molar-refractivity contribution is 0.0715. The van der Waals surface area contributed by atoms with E-state index in [0.29, 0.717) is 5.56 Å². The molecule has 0 bridgehead atoms. The number of carbonyl (C=O) groups is 1. The Hall–Kier alpha value is -5.57. The van der Waals surface area contributed by atoms with Gasteiger partial charge in [0.25, 0.3) is 10.0 Å². The van der Waals surface area contributed by atoms with E-state index in [1.807, 2.05) is 32.0 Å². The molecule has 0 atom stereocenters. The van der Waals surface area contributed by atoms with Gasteiger partial charge in [0.2, 0.25) is 46.7 Å². The van der Waals surface area contributed by atoms with Crippen molar-refractivity contribution < 1.29 is 44.6 Å². The molecule has 0 aliphatic carbocycles. The topological polar surface area (TPSA) is 134 Å². The number of ether oxygens (including phenoxy) is 2. The molecule has 1 heterocycles. The summed E-state index contributed by atoms with van der Waals surface area (Å²) in [7, 11) is -4.22. The minimum atomic E-state index is -4.22. The predicted molar refractivity (Wildman–Crippen MR) is 156 cm³/mol. The fourth-order valence-corrected chi connectivity index (χ4v) is 5.36. The molecule has 0 aliphatic rings. The lowest BCUT2D eigenvalue weighted by Crippen LogP contribution is -2.16. The number of benzene rings is 4. The number of sulfonamides is 1. The van der Waals surface area contributed by atoms with Crippen molar-refractivity contribution in [2.45, 2.75) is 18.7 Å². The fourth-order valence-electron chi connectivity index (χ4n) is 4.36. The zero-order chi connectivity index (χ0) is 33.3. The Kier molecular flexibility index (Phi) is 8.61. The van der Waals surface area contributed by atoms with Gasteiger partial charge in [0.05, 0.1) is 16.2 Å². The van der Waals surface area contributed by atoms with E-state index in [1.54, 1.807) is 0 Å². The molecule has 15 heteroatoms. The van der Waals surface area contributed by atoms with E-state index in [2.05, 4.69) is 19.4 Å². The third-order valence-corrected chi connectivity index (χ3v) is 7.82. The van der Waals surface area contributed by atoms with Crippen LogP contribution in [-0.4, -0.2) is 24.4 Å². The lowest BCUT2D eigenvalue weighted by atomic mass is 10.00. The normalized spacial score (nSPS) is 11.3. The average molecular weight is 657 g/mol. The van der Waals surface area contributed by atoms with Crippen molar-refractivity contribution in [3.63, 3.8) is 0 Å². The van der Waals surface area contributed by atoms with Crippen LogP contribution in [0, 0.1) is 42.9 Å². The van der Waals surface area contributed by atoms with Gasteiger partial charge in [0.1, 0.15) is 5.75 Å². The van der Waals surface area contributed by atoms with E-state index in [1.165, 1.54) is 42.5 Å². The molecule has 0 radical (unpaired) electrons. The number of halogens is 5. The fraction of sp³-hybridized carbons (Fsp3) is 0.0645. The molecule has 5 rings (SSSR count). The van der Waals surface area contributed by atoms with Crippen LogP contribution in [-0.2, 0) is 10.0 Å². The minimum absolute atomic E-state index is 0.0948. The van der Waals surface area contributed by atoms with Gasteiger partial charge in [-0.15, -0.1) is 0 Å². The number of rotatable bonds is 8. The summed E-state index contributed by atoms with van der Waals surface area (Å²) >= 11 is 0. The molecule has 0 amide bonds. The van der Waals surface area contributed by atoms with Gasteiger partial charge in [0, 0.05) is 17.3 Å². The molecule has 9 nitrogen and oxygen atoms in total. The number of nitrogens with zero attached hydrogens (tertiary/aromatic N) is 2. The maximum absolute atomic E-state index is 14.1. The third-order valence-electron chi connectivity index (χ3n) is 6.49. The largest absolute Gasteiger partial charge is 0.439 e. The van der Waals surface area contributed by atoms with E-state index in [-0.39, 0.29) is 33.9 Å². The van der Waals surface area contributed by atoms with Crippen molar-refractivity contribution in [2.24, 2.45) is 0 Å². The molecule has 0 fully saturated rings. The summed E-state index contributed by atoms with van der Waals surface area (Å²) in [4.78, 5) is 21.0. The summed E-state index contributed by atoms with van der Waals surface area (Å²) in [5.74, 6) is -15.6. The zero-order valence-electron chi connectivity index (χ0n) is 23.7. The van der Waals surface area contributed by atoms with Gasteiger partial charge in [-0.25, -0.2) is 36.1 Å². The summed E-state index contributed by atoms with van der Waals surface area (Å²) in [6, 6.07) is 17.2. The van der Waals surface area contributed by atoms with E-state index in [9.17, 15) is 35.2 Å². The molecule has 0 aliphatic heterocycles. The molecule has 0 unspecified atom stereocenters. The number of esters is 1. The van der Waals surface area contributed by atoms with Crippen LogP contribution >= 0.6 is 0 Å². The second-order valence-electron chi connectivity index (χ2n) is 9.78. The second-order valence-corrected chi connectivity index (χ2v) is 11.5. The second kappa shape index (κ2) is 12.4. The van der Waals surface area contributed by atoms with Crippen LogP contribution in [0.15, 0.2) is 77.7 Å². The van der Waals surface area contributed by atoms with Crippen molar-refractivity contribution in [3.8, 4) is 28.6 Å². The van der Waals surface area contributed by atoms with Crippen molar-refractivity contribution >= 4 is 27.6 Å². The van der Waals surface area contributed by atoms with Gasteiger partial charge in [-0.05, 0) is 61.4 Å². The number of aryl methyl sites for hydroxylation is 2. The molecule has 46 heavy (non-hydrogen) atoms. The Morgan fingerprint density at radius 2 is 1.39 bits per heavy atom. The number of nitrogens with two attached hydrogens (primary N) is 1. The highest BCUT2D eigenvalue weighted by Crippen LogP contribution is 2.33. The Balaban J connectivity index is 1.50. The highest BCUT2D eigenvalue weighted by Gasteiger charge is 2.29.